The van der Waals surface area contributed by atoms with Crippen molar-refractivity contribution in [2.45, 2.75) is 31.4 Å². The van der Waals surface area contributed by atoms with Gasteiger partial charge in [-0.05, 0) is 19.9 Å². The summed E-state index contributed by atoms with van der Waals surface area (Å²) in [6.07, 6.45) is 3.14. The normalized spacial score (nSPS) is 22.3. The zero-order valence-corrected chi connectivity index (χ0v) is 13.0. The molecule has 7 heteroatoms. The summed E-state index contributed by atoms with van der Waals surface area (Å²) in [4.78, 5) is 14.0. The van der Waals surface area contributed by atoms with Crippen LogP contribution in [0.15, 0.2) is 0 Å². The van der Waals surface area contributed by atoms with Crippen LogP contribution in [0, 0.1) is 0 Å². The van der Waals surface area contributed by atoms with Gasteiger partial charge in [-0.1, -0.05) is 0 Å². The summed E-state index contributed by atoms with van der Waals surface area (Å²) in [5.74, 6) is 0.0999. The van der Waals surface area contributed by atoms with Gasteiger partial charge in [-0.2, -0.15) is 0 Å². The van der Waals surface area contributed by atoms with Crippen molar-refractivity contribution >= 4 is 30.7 Å². The number of rotatable bonds is 6. The molecule has 1 saturated heterocycles. The van der Waals surface area contributed by atoms with E-state index in [-0.39, 0.29) is 36.8 Å². The number of halogens is 2. The highest BCUT2D eigenvalue weighted by Crippen LogP contribution is 2.24. The minimum atomic E-state index is 0. The second-order valence-corrected chi connectivity index (χ2v) is 4.96. The van der Waals surface area contributed by atoms with Gasteiger partial charge in [0, 0.05) is 32.2 Å². The standard InChI is InChI=1S/C12H23N3O2.2ClH/c1-15(10-2-3-10)6-4-14-12(16)8-11-9-13-5-7-17-11;;/h10-11,13H,2-9H2,1H3,(H,14,16);2*1H. The SMILES string of the molecule is CN(CCNC(=O)CC1CNCCO1)C1CC1.Cl.Cl. The van der Waals surface area contributed by atoms with Crippen LogP contribution in [0.4, 0.5) is 0 Å². The molecule has 114 valence electrons. The molecular weight excluding hydrogens is 289 g/mol. The second-order valence-electron chi connectivity index (χ2n) is 4.96. The highest BCUT2D eigenvalue weighted by molar-refractivity contribution is 5.85. The minimum absolute atomic E-state index is 0. The average Bonchev–Trinajstić information content (AvgIpc) is 3.14. The molecule has 2 rings (SSSR count). The fourth-order valence-electron chi connectivity index (χ4n) is 2.10. The third-order valence-corrected chi connectivity index (χ3v) is 3.37. The Balaban J connectivity index is 0.00000162. The van der Waals surface area contributed by atoms with E-state index in [1.165, 1.54) is 12.8 Å². The fraction of sp³-hybridized carbons (Fsp3) is 0.917. The van der Waals surface area contributed by atoms with Crippen LogP contribution in [0.3, 0.4) is 0 Å². The fourth-order valence-corrected chi connectivity index (χ4v) is 2.10. The van der Waals surface area contributed by atoms with Crippen LogP contribution in [-0.2, 0) is 9.53 Å². The van der Waals surface area contributed by atoms with Crippen molar-refractivity contribution in [3.05, 3.63) is 0 Å². The molecule has 19 heavy (non-hydrogen) atoms. The number of ether oxygens (including phenoxy) is 1. The van der Waals surface area contributed by atoms with Gasteiger partial charge < -0.3 is 20.3 Å². The number of carbonyl (C=O) groups is 1. The van der Waals surface area contributed by atoms with Crippen molar-refractivity contribution < 1.29 is 9.53 Å². The van der Waals surface area contributed by atoms with Crippen molar-refractivity contribution in [2.24, 2.45) is 0 Å². The summed E-state index contributed by atoms with van der Waals surface area (Å²) in [7, 11) is 2.12. The monoisotopic (exact) mass is 313 g/mol. The average molecular weight is 314 g/mol. The smallest absolute Gasteiger partial charge is 0.222 e. The van der Waals surface area contributed by atoms with E-state index in [1.54, 1.807) is 0 Å². The second kappa shape index (κ2) is 9.77. The Morgan fingerprint density at radius 2 is 2.16 bits per heavy atom. The van der Waals surface area contributed by atoms with Crippen LogP contribution in [0.25, 0.3) is 0 Å². The molecule has 1 unspecified atom stereocenters. The molecule has 0 aromatic rings. The third kappa shape index (κ3) is 7.32. The highest BCUT2D eigenvalue weighted by atomic mass is 35.5. The molecule has 1 amide bonds. The van der Waals surface area contributed by atoms with Crippen molar-refractivity contribution in [3.8, 4) is 0 Å². The number of hydrogen-bond acceptors (Lipinski definition) is 4. The van der Waals surface area contributed by atoms with Gasteiger partial charge in [-0.15, -0.1) is 24.8 Å². The Morgan fingerprint density at radius 1 is 1.42 bits per heavy atom. The molecule has 2 fully saturated rings. The van der Waals surface area contributed by atoms with Gasteiger partial charge in [0.05, 0.1) is 19.1 Å². The number of nitrogens with zero attached hydrogens (tertiary/aromatic N) is 1. The van der Waals surface area contributed by atoms with E-state index in [0.717, 1.165) is 32.2 Å². The van der Waals surface area contributed by atoms with Crippen LogP contribution in [0.5, 0.6) is 0 Å². The summed E-state index contributed by atoms with van der Waals surface area (Å²) < 4.78 is 5.49. The first-order valence-electron chi connectivity index (χ1n) is 6.55. The quantitative estimate of drug-likeness (QED) is 0.746. The molecule has 0 aromatic heterocycles. The number of hydrogen-bond donors (Lipinski definition) is 2. The zero-order valence-electron chi connectivity index (χ0n) is 11.4. The molecule has 1 aliphatic heterocycles. The molecule has 0 radical (unpaired) electrons. The maximum atomic E-state index is 11.6. The number of morpholine rings is 1. The van der Waals surface area contributed by atoms with Gasteiger partial charge in [0.1, 0.15) is 0 Å². The van der Waals surface area contributed by atoms with Gasteiger partial charge in [0.15, 0.2) is 0 Å². The molecule has 0 aromatic carbocycles. The molecule has 2 aliphatic rings. The van der Waals surface area contributed by atoms with Crippen LogP contribution in [-0.4, -0.2) is 62.8 Å². The maximum Gasteiger partial charge on any atom is 0.222 e. The maximum absolute atomic E-state index is 11.6. The summed E-state index contributed by atoms with van der Waals surface area (Å²) >= 11 is 0. The molecule has 1 heterocycles. The van der Waals surface area contributed by atoms with E-state index in [4.69, 9.17) is 4.74 Å². The van der Waals surface area contributed by atoms with Gasteiger partial charge in [-0.3, -0.25) is 4.79 Å². The molecule has 0 bridgehead atoms. The Bertz CT molecular complexity index is 259. The summed E-state index contributed by atoms with van der Waals surface area (Å²) in [6, 6.07) is 0.762. The van der Waals surface area contributed by atoms with E-state index in [9.17, 15) is 4.79 Å². The van der Waals surface area contributed by atoms with Gasteiger partial charge in [-0.25, -0.2) is 0 Å². The number of likely N-dealkylation sites (N-methyl/N-ethyl adjacent to an activating group) is 1. The Kier molecular flexibility index (Phi) is 9.74. The minimum Gasteiger partial charge on any atom is -0.375 e. The lowest BCUT2D eigenvalue weighted by Crippen LogP contribution is -2.42. The molecule has 0 spiro atoms. The molecule has 2 N–H and O–H groups in total. The number of carbonyl (C=O) groups excluding carboxylic acids is 1. The predicted octanol–water partition coefficient (Wildman–Crippen LogP) is 0.419. The highest BCUT2D eigenvalue weighted by Gasteiger charge is 2.25. The van der Waals surface area contributed by atoms with Gasteiger partial charge in [0.25, 0.3) is 0 Å². The van der Waals surface area contributed by atoms with E-state index in [0.29, 0.717) is 13.0 Å². The number of nitrogens with one attached hydrogen (secondary N) is 2. The molecule has 1 atom stereocenters. The predicted molar refractivity (Wildman–Crippen MR) is 80.4 cm³/mol. The first-order chi connectivity index (χ1) is 8.25. The lowest BCUT2D eigenvalue weighted by molar-refractivity contribution is -0.124. The summed E-state index contributed by atoms with van der Waals surface area (Å²) in [6.45, 7) is 4.08. The Labute approximate surface area is 127 Å². The molecule has 5 nitrogen and oxygen atoms in total. The Morgan fingerprint density at radius 3 is 2.74 bits per heavy atom. The van der Waals surface area contributed by atoms with Crippen LogP contribution in [0.2, 0.25) is 0 Å². The van der Waals surface area contributed by atoms with Crippen LogP contribution < -0.4 is 10.6 Å². The van der Waals surface area contributed by atoms with Crippen molar-refractivity contribution in [3.63, 3.8) is 0 Å². The van der Waals surface area contributed by atoms with E-state index in [2.05, 4.69) is 22.6 Å². The van der Waals surface area contributed by atoms with E-state index < -0.39 is 0 Å². The van der Waals surface area contributed by atoms with E-state index in [1.807, 2.05) is 0 Å². The molecular formula is C12H25Cl2N3O2. The largest absolute Gasteiger partial charge is 0.375 e. The molecule has 1 aliphatic carbocycles. The summed E-state index contributed by atoms with van der Waals surface area (Å²) in [5, 5.41) is 6.18. The van der Waals surface area contributed by atoms with Crippen molar-refractivity contribution in [1.82, 2.24) is 15.5 Å². The zero-order chi connectivity index (χ0) is 12.1. The topological polar surface area (TPSA) is 53.6 Å². The van der Waals surface area contributed by atoms with Gasteiger partial charge in [0.2, 0.25) is 5.91 Å². The van der Waals surface area contributed by atoms with Crippen LogP contribution >= 0.6 is 24.8 Å². The van der Waals surface area contributed by atoms with Crippen LogP contribution in [0.1, 0.15) is 19.3 Å². The van der Waals surface area contributed by atoms with E-state index >= 15 is 0 Å². The lowest BCUT2D eigenvalue weighted by atomic mass is 10.2. The van der Waals surface area contributed by atoms with Crippen molar-refractivity contribution in [2.75, 3.05) is 39.8 Å². The number of amides is 1. The van der Waals surface area contributed by atoms with Crippen molar-refractivity contribution in [1.29, 1.82) is 0 Å². The first-order valence-corrected chi connectivity index (χ1v) is 6.55. The third-order valence-electron chi connectivity index (χ3n) is 3.37. The lowest BCUT2D eigenvalue weighted by Gasteiger charge is -2.23. The Hall–Kier alpha value is -0.0700. The van der Waals surface area contributed by atoms with Gasteiger partial charge >= 0.3 is 0 Å². The summed E-state index contributed by atoms with van der Waals surface area (Å²) in [5.41, 5.74) is 0. The molecule has 1 saturated carbocycles. The first kappa shape index (κ1) is 18.9.